The molecular weight excluding hydrogens is 366 g/mol. The molecule has 27 heavy (non-hydrogen) atoms. The van der Waals surface area contributed by atoms with E-state index in [2.05, 4.69) is 10.0 Å². The van der Waals surface area contributed by atoms with Crippen LogP contribution in [0.15, 0.2) is 47.4 Å². The van der Waals surface area contributed by atoms with Gasteiger partial charge in [0.25, 0.3) is 5.69 Å². The minimum absolute atomic E-state index is 0.124. The lowest BCUT2D eigenvalue weighted by Gasteiger charge is -2.19. The van der Waals surface area contributed by atoms with Crippen LogP contribution in [0.25, 0.3) is 0 Å². The molecule has 0 spiro atoms. The average Bonchev–Trinajstić information content (AvgIpc) is 2.59. The number of nitro benzene ring substituents is 1. The van der Waals surface area contributed by atoms with Crippen molar-refractivity contribution in [2.24, 2.45) is 0 Å². The maximum atomic E-state index is 12.3. The monoisotopic (exact) mass is 391 g/mol. The lowest BCUT2D eigenvalue weighted by atomic mass is 10.0. The van der Waals surface area contributed by atoms with E-state index in [1.807, 2.05) is 38.1 Å². The van der Waals surface area contributed by atoms with E-state index in [1.54, 1.807) is 13.8 Å². The third-order valence-electron chi connectivity index (χ3n) is 4.08. The summed E-state index contributed by atoms with van der Waals surface area (Å²) in [6.45, 7) is 7.35. The van der Waals surface area contributed by atoms with Gasteiger partial charge in [-0.15, -0.1) is 0 Å². The number of hydrogen-bond donors (Lipinski definition) is 2. The van der Waals surface area contributed by atoms with Gasteiger partial charge in [-0.25, -0.2) is 13.1 Å². The fraction of sp³-hybridized carbons (Fsp3) is 0.368. The third-order valence-corrected chi connectivity index (χ3v) is 5.74. The molecule has 8 heteroatoms. The second-order valence-corrected chi connectivity index (χ2v) is 8.44. The summed E-state index contributed by atoms with van der Waals surface area (Å²) < 4.78 is 27.0. The number of nitrogens with zero attached hydrogens (tertiary/aromatic N) is 1. The first-order valence-electron chi connectivity index (χ1n) is 8.78. The lowest BCUT2D eigenvalue weighted by Crippen LogP contribution is -2.30. The van der Waals surface area contributed by atoms with Crippen molar-refractivity contribution in [3.63, 3.8) is 0 Å². The number of aryl methyl sites for hydroxylation is 1. The Bertz CT molecular complexity index is 909. The first-order chi connectivity index (χ1) is 12.6. The Labute approximate surface area is 160 Å². The highest BCUT2D eigenvalue weighted by Gasteiger charge is 2.23. The van der Waals surface area contributed by atoms with Gasteiger partial charge in [-0.05, 0) is 44.9 Å². The predicted octanol–water partition coefficient (Wildman–Crippen LogP) is 4.15. The van der Waals surface area contributed by atoms with Gasteiger partial charge < -0.3 is 5.32 Å². The maximum absolute atomic E-state index is 12.3. The second-order valence-electron chi connectivity index (χ2n) is 6.73. The number of nitrogens with one attached hydrogen (secondary N) is 2. The highest BCUT2D eigenvalue weighted by Crippen LogP contribution is 2.32. The molecule has 0 heterocycles. The Morgan fingerprint density at radius 1 is 1.11 bits per heavy atom. The first-order valence-corrected chi connectivity index (χ1v) is 10.3. The van der Waals surface area contributed by atoms with Crippen LogP contribution in [0.4, 0.5) is 11.4 Å². The van der Waals surface area contributed by atoms with Crippen LogP contribution in [0.3, 0.4) is 0 Å². The molecule has 2 aromatic rings. The normalized spacial score (nSPS) is 12.8. The molecule has 1 atom stereocenters. The van der Waals surface area contributed by atoms with Crippen LogP contribution in [0, 0.1) is 17.0 Å². The van der Waals surface area contributed by atoms with E-state index >= 15 is 0 Å². The summed E-state index contributed by atoms with van der Waals surface area (Å²) in [7, 11) is -3.81. The summed E-state index contributed by atoms with van der Waals surface area (Å²) in [6, 6.07) is 11.4. The van der Waals surface area contributed by atoms with Crippen LogP contribution in [0.1, 0.15) is 44.4 Å². The molecular formula is C19H25N3O4S. The molecule has 0 saturated carbocycles. The number of hydrogen-bond acceptors (Lipinski definition) is 5. The van der Waals surface area contributed by atoms with Gasteiger partial charge in [0.15, 0.2) is 0 Å². The zero-order chi connectivity index (χ0) is 20.2. The van der Waals surface area contributed by atoms with Gasteiger partial charge in [0, 0.05) is 12.1 Å². The van der Waals surface area contributed by atoms with Gasteiger partial charge in [0.1, 0.15) is 5.69 Å². The van der Waals surface area contributed by atoms with E-state index in [9.17, 15) is 18.5 Å². The van der Waals surface area contributed by atoms with Crippen molar-refractivity contribution in [3.8, 4) is 0 Å². The summed E-state index contributed by atoms with van der Waals surface area (Å²) in [4.78, 5) is 10.8. The molecule has 2 aromatic carbocycles. The molecule has 2 N–H and O–H groups in total. The molecule has 2 rings (SSSR count). The first kappa shape index (κ1) is 20.9. The molecule has 0 amide bonds. The molecule has 0 aliphatic rings. The maximum Gasteiger partial charge on any atom is 0.293 e. The molecule has 0 fully saturated rings. The highest BCUT2D eigenvalue weighted by molar-refractivity contribution is 7.89. The molecule has 0 aliphatic carbocycles. The molecule has 0 bridgehead atoms. The molecule has 0 aliphatic heterocycles. The Morgan fingerprint density at radius 3 is 2.26 bits per heavy atom. The standard InChI is InChI=1S/C19H25N3O4S/c1-5-17(15-8-6-14(4)7-9-15)20-18-11-10-16(12-19(18)22(23)24)27(25,26)21-13(2)3/h6-13,17,20-21H,5H2,1-4H3/t17-/m0/s1. The van der Waals surface area contributed by atoms with Gasteiger partial charge in [-0.2, -0.15) is 0 Å². The number of anilines is 1. The zero-order valence-corrected chi connectivity index (χ0v) is 16.7. The molecule has 0 saturated heterocycles. The van der Waals surface area contributed by atoms with E-state index in [-0.39, 0.29) is 28.4 Å². The smallest absolute Gasteiger partial charge is 0.293 e. The van der Waals surface area contributed by atoms with Crippen LogP contribution >= 0.6 is 0 Å². The topological polar surface area (TPSA) is 101 Å². The zero-order valence-electron chi connectivity index (χ0n) is 15.9. The second kappa shape index (κ2) is 8.49. The minimum Gasteiger partial charge on any atom is -0.373 e. The van der Waals surface area contributed by atoms with Crippen molar-refractivity contribution >= 4 is 21.4 Å². The van der Waals surface area contributed by atoms with Crippen molar-refractivity contribution in [3.05, 3.63) is 63.7 Å². The van der Waals surface area contributed by atoms with Crippen molar-refractivity contribution < 1.29 is 13.3 Å². The van der Waals surface area contributed by atoms with E-state index in [4.69, 9.17) is 0 Å². The Balaban J connectivity index is 2.39. The summed E-state index contributed by atoms with van der Waals surface area (Å²) in [5, 5.41) is 14.7. The molecule has 146 valence electrons. The van der Waals surface area contributed by atoms with Crippen molar-refractivity contribution in [2.45, 2.75) is 51.1 Å². The SMILES string of the molecule is CC[C@H](Nc1ccc(S(=O)(=O)NC(C)C)cc1[N+](=O)[O-])c1ccc(C)cc1. The van der Waals surface area contributed by atoms with Gasteiger partial charge in [-0.1, -0.05) is 36.8 Å². The van der Waals surface area contributed by atoms with Crippen molar-refractivity contribution in [1.82, 2.24) is 4.72 Å². The van der Waals surface area contributed by atoms with E-state index in [0.717, 1.165) is 23.6 Å². The van der Waals surface area contributed by atoms with E-state index < -0.39 is 14.9 Å². The number of nitro groups is 1. The Morgan fingerprint density at radius 2 is 1.74 bits per heavy atom. The van der Waals surface area contributed by atoms with Crippen molar-refractivity contribution in [1.29, 1.82) is 0 Å². The quantitative estimate of drug-likeness (QED) is 0.520. The summed E-state index contributed by atoms with van der Waals surface area (Å²) in [5.41, 5.74) is 2.16. The van der Waals surface area contributed by atoms with Crippen molar-refractivity contribution in [2.75, 3.05) is 5.32 Å². The summed E-state index contributed by atoms with van der Waals surface area (Å²) in [6.07, 6.45) is 0.717. The van der Waals surface area contributed by atoms with E-state index in [1.165, 1.54) is 12.1 Å². The van der Waals surface area contributed by atoms with Crippen LogP contribution in [0.5, 0.6) is 0 Å². The largest absolute Gasteiger partial charge is 0.373 e. The molecule has 7 nitrogen and oxygen atoms in total. The van der Waals surface area contributed by atoms with Crippen LogP contribution < -0.4 is 10.0 Å². The molecule has 0 radical (unpaired) electrons. The predicted molar refractivity (Wildman–Crippen MR) is 106 cm³/mol. The Hall–Kier alpha value is -2.45. The van der Waals surface area contributed by atoms with Gasteiger partial charge in [-0.3, -0.25) is 10.1 Å². The molecule has 0 aromatic heterocycles. The highest BCUT2D eigenvalue weighted by atomic mass is 32.2. The van der Waals surface area contributed by atoms with Gasteiger partial charge >= 0.3 is 0 Å². The summed E-state index contributed by atoms with van der Waals surface area (Å²) >= 11 is 0. The average molecular weight is 391 g/mol. The van der Waals surface area contributed by atoms with Crippen LogP contribution in [0.2, 0.25) is 0 Å². The third kappa shape index (κ3) is 5.27. The number of sulfonamides is 1. The summed E-state index contributed by atoms with van der Waals surface area (Å²) in [5.74, 6) is 0. The van der Waals surface area contributed by atoms with Crippen LogP contribution in [-0.2, 0) is 10.0 Å². The van der Waals surface area contributed by atoms with Gasteiger partial charge in [0.2, 0.25) is 10.0 Å². The lowest BCUT2D eigenvalue weighted by molar-refractivity contribution is -0.384. The number of rotatable bonds is 8. The fourth-order valence-electron chi connectivity index (χ4n) is 2.74. The molecule has 0 unspecified atom stereocenters. The van der Waals surface area contributed by atoms with Gasteiger partial charge in [0.05, 0.1) is 15.9 Å². The Kier molecular flexibility index (Phi) is 6.56. The van der Waals surface area contributed by atoms with Crippen LogP contribution in [-0.4, -0.2) is 19.4 Å². The van der Waals surface area contributed by atoms with E-state index in [0.29, 0.717) is 0 Å². The fourth-order valence-corrected chi connectivity index (χ4v) is 4.01. The minimum atomic E-state index is -3.81. The number of benzene rings is 2.